The average molecular weight is 290 g/mol. The van der Waals surface area contributed by atoms with Crippen LogP contribution in [0.25, 0.3) is 0 Å². The third kappa shape index (κ3) is 5.05. The molecule has 1 aliphatic carbocycles. The molecular formula is C17H26N2O2. The Morgan fingerprint density at radius 2 is 2.05 bits per heavy atom. The molecule has 1 unspecified atom stereocenters. The van der Waals surface area contributed by atoms with Gasteiger partial charge in [0, 0.05) is 18.0 Å². The van der Waals surface area contributed by atoms with E-state index in [-0.39, 0.29) is 24.1 Å². The van der Waals surface area contributed by atoms with Gasteiger partial charge < -0.3 is 15.7 Å². The summed E-state index contributed by atoms with van der Waals surface area (Å²) in [5.41, 5.74) is 1.20. The molecular weight excluding hydrogens is 264 g/mol. The van der Waals surface area contributed by atoms with E-state index in [0.717, 1.165) is 32.1 Å². The zero-order valence-electron chi connectivity index (χ0n) is 12.8. The first-order valence-electron chi connectivity index (χ1n) is 7.86. The van der Waals surface area contributed by atoms with Gasteiger partial charge in [0.2, 0.25) is 0 Å². The lowest BCUT2D eigenvalue weighted by Gasteiger charge is -2.20. The van der Waals surface area contributed by atoms with Crippen LogP contribution in [0, 0.1) is 5.41 Å². The summed E-state index contributed by atoms with van der Waals surface area (Å²) in [6.45, 7) is 2.86. The van der Waals surface area contributed by atoms with Gasteiger partial charge in [0.25, 0.3) is 0 Å². The van der Waals surface area contributed by atoms with Crippen LogP contribution in [0.2, 0.25) is 0 Å². The maximum absolute atomic E-state index is 12.0. The first-order valence-corrected chi connectivity index (χ1v) is 7.86. The molecule has 4 nitrogen and oxygen atoms in total. The number of rotatable bonds is 8. The molecule has 1 saturated carbocycles. The van der Waals surface area contributed by atoms with E-state index >= 15 is 0 Å². The predicted molar refractivity (Wildman–Crippen MR) is 84.1 cm³/mol. The fourth-order valence-electron chi connectivity index (χ4n) is 2.54. The van der Waals surface area contributed by atoms with Crippen LogP contribution >= 0.6 is 0 Å². The van der Waals surface area contributed by atoms with Crippen molar-refractivity contribution in [2.75, 3.05) is 13.2 Å². The highest BCUT2D eigenvalue weighted by Gasteiger charge is 2.42. The van der Waals surface area contributed by atoms with E-state index in [9.17, 15) is 9.90 Å². The quantitative estimate of drug-likeness (QED) is 0.689. The fourth-order valence-corrected chi connectivity index (χ4v) is 2.54. The highest BCUT2D eigenvalue weighted by Crippen LogP contribution is 2.44. The van der Waals surface area contributed by atoms with Gasteiger partial charge in [0.05, 0.1) is 6.61 Å². The van der Waals surface area contributed by atoms with Gasteiger partial charge in [-0.1, -0.05) is 43.7 Å². The van der Waals surface area contributed by atoms with Crippen LogP contribution in [-0.2, 0) is 6.42 Å². The number of hydrogen-bond donors (Lipinski definition) is 3. The molecule has 0 spiro atoms. The van der Waals surface area contributed by atoms with Crippen molar-refractivity contribution < 1.29 is 9.90 Å². The molecule has 1 atom stereocenters. The van der Waals surface area contributed by atoms with Crippen LogP contribution < -0.4 is 10.6 Å². The van der Waals surface area contributed by atoms with Gasteiger partial charge in [0.15, 0.2) is 0 Å². The number of hydrogen-bond acceptors (Lipinski definition) is 2. The number of carbonyl (C=O) groups excluding carboxylic acids is 1. The van der Waals surface area contributed by atoms with E-state index in [4.69, 9.17) is 0 Å². The van der Waals surface area contributed by atoms with Crippen LogP contribution in [0.15, 0.2) is 30.3 Å². The third-order valence-corrected chi connectivity index (χ3v) is 4.21. The summed E-state index contributed by atoms with van der Waals surface area (Å²) in [6.07, 6.45) is 4.87. The highest BCUT2D eigenvalue weighted by molar-refractivity contribution is 5.74. The van der Waals surface area contributed by atoms with Gasteiger partial charge in [0.1, 0.15) is 0 Å². The molecule has 2 rings (SSSR count). The molecule has 0 bridgehead atoms. The van der Waals surface area contributed by atoms with Crippen molar-refractivity contribution in [3.8, 4) is 0 Å². The number of benzene rings is 1. The summed E-state index contributed by atoms with van der Waals surface area (Å²) < 4.78 is 0. The lowest BCUT2D eigenvalue weighted by molar-refractivity contribution is 0.201. The molecule has 0 radical (unpaired) electrons. The van der Waals surface area contributed by atoms with Crippen LogP contribution in [0.3, 0.4) is 0 Å². The van der Waals surface area contributed by atoms with Crippen molar-refractivity contribution in [1.82, 2.24) is 10.6 Å². The molecule has 0 aliphatic heterocycles. The second-order valence-electron chi connectivity index (χ2n) is 6.16. The molecule has 3 N–H and O–H groups in total. The minimum Gasteiger partial charge on any atom is -0.396 e. The first-order chi connectivity index (χ1) is 10.2. The maximum atomic E-state index is 12.0. The summed E-state index contributed by atoms with van der Waals surface area (Å²) in [4.78, 5) is 12.0. The molecule has 0 saturated heterocycles. The highest BCUT2D eigenvalue weighted by atomic mass is 16.3. The second-order valence-corrected chi connectivity index (χ2v) is 6.16. The smallest absolute Gasteiger partial charge is 0.315 e. The van der Waals surface area contributed by atoms with Gasteiger partial charge in [-0.25, -0.2) is 4.79 Å². The second kappa shape index (κ2) is 7.46. The van der Waals surface area contributed by atoms with Gasteiger partial charge in [-0.2, -0.15) is 0 Å². The lowest BCUT2D eigenvalue weighted by atomic mass is 10.0. The Hall–Kier alpha value is -1.55. The van der Waals surface area contributed by atoms with Crippen LogP contribution in [0.5, 0.6) is 0 Å². The number of urea groups is 1. The largest absolute Gasteiger partial charge is 0.396 e. The Kier molecular flexibility index (Phi) is 5.62. The van der Waals surface area contributed by atoms with Crippen molar-refractivity contribution in [3.63, 3.8) is 0 Å². The SMILES string of the molecule is CCCC(Cc1ccccc1)NC(=O)NCC1(CO)CC1. The Morgan fingerprint density at radius 1 is 1.33 bits per heavy atom. The lowest BCUT2D eigenvalue weighted by Crippen LogP contribution is -2.45. The molecule has 116 valence electrons. The molecule has 0 heterocycles. The number of nitrogens with one attached hydrogen (secondary N) is 2. The number of carbonyl (C=O) groups is 1. The number of amides is 2. The van der Waals surface area contributed by atoms with Crippen molar-refractivity contribution in [2.45, 2.75) is 45.1 Å². The van der Waals surface area contributed by atoms with Gasteiger partial charge >= 0.3 is 6.03 Å². The fraction of sp³-hybridized carbons (Fsp3) is 0.588. The van der Waals surface area contributed by atoms with Gasteiger partial charge in [-0.05, 0) is 31.2 Å². The predicted octanol–water partition coefficient (Wildman–Crippen LogP) is 2.47. The first kappa shape index (κ1) is 15.8. The Balaban J connectivity index is 1.80. The Labute approximate surface area is 126 Å². The van der Waals surface area contributed by atoms with E-state index in [2.05, 4.69) is 29.7 Å². The standard InChI is InChI=1S/C17H26N2O2/c1-2-6-15(11-14-7-4-3-5-8-14)19-16(21)18-12-17(13-20)9-10-17/h3-5,7-8,15,20H,2,6,9-13H2,1H3,(H2,18,19,21). The van der Waals surface area contributed by atoms with Crippen molar-refractivity contribution in [3.05, 3.63) is 35.9 Å². The van der Waals surface area contributed by atoms with Crippen molar-refractivity contribution in [1.29, 1.82) is 0 Å². The molecule has 1 aliphatic rings. The summed E-state index contributed by atoms with van der Waals surface area (Å²) in [5, 5.41) is 15.2. The monoisotopic (exact) mass is 290 g/mol. The van der Waals surface area contributed by atoms with E-state index in [0.29, 0.717) is 6.54 Å². The molecule has 4 heteroatoms. The maximum Gasteiger partial charge on any atom is 0.315 e. The zero-order valence-corrected chi connectivity index (χ0v) is 12.8. The van der Waals surface area contributed by atoms with E-state index in [1.165, 1.54) is 5.56 Å². The van der Waals surface area contributed by atoms with E-state index in [1.54, 1.807) is 0 Å². The van der Waals surface area contributed by atoms with E-state index in [1.807, 2.05) is 18.2 Å². The normalized spacial score (nSPS) is 17.0. The molecule has 1 aromatic carbocycles. The summed E-state index contributed by atoms with van der Waals surface area (Å²) in [7, 11) is 0. The van der Waals surface area contributed by atoms with Gasteiger partial charge in [-0.15, -0.1) is 0 Å². The van der Waals surface area contributed by atoms with Crippen molar-refractivity contribution >= 4 is 6.03 Å². The number of aliphatic hydroxyl groups excluding tert-OH is 1. The zero-order chi connectivity index (χ0) is 15.1. The number of aliphatic hydroxyl groups is 1. The van der Waals surface area contributed by atoms with Crippen LogP contribution in [0.4, 0.5) is 4.79 Å². The molecule has 0 aromatic heterocycles. The van der Waals surface area contributed by atoms with Crippen molar-refractivity contribution in [2.24, 2.45) is 5.41 Å². The minimum absolute atomic E-state index is 0.0446. The summed E-state index contributed by atoms with van der Waals surface area (Å²) in [6, 6.07) is 10.3. The third-order valence-electron chi connectivity index (χ3n) is 4.21. The molecule has 2 amide bonds. The summed E-state index contributed by atoms with van der Waals surface area (Å²) in [5.74, 6) is 0. The Morgan fingerprint density at radius 3 is 2.62 bits per heavy atom. The van der Waals surface area contributed by atoms with Gasteiger partial charge in [-0.3, -0.25) is 0 Å². The average Bonchev–Trinajstić information content (AvgIpc) is 3.27. The summed E-state index contributed by atoms with van der Waals surface area (Å²) >= 11 is 0. The Bertz CT molecular complexity index is 443. The minimum atomic E-state index is -0.121. The topological polar surface area (TPSA) is 61.4 Å². The van der Waals surface area contributed by atoms with Crippen LogP contribution in [0.1, 0.15) is 38.2 Å². The molecule has 1 aromatic rings. The van der Waals surface area contributed by atoms with Crippen LogP contribution in [-0.4, -0.2) is 30.3 Å². The van der Waals surface area contributed by atoms with E-state index < -0.39 is 0 Å². The molecule has 21 heavy (non-hydrogen) atoms. The molecule has 1 fully saturated rings.